The van der Waals surface area contributed by atoms with E-state index in [4.69, 9.17) is 37.4 Å². The van der Waals surface area contributed by atoms with Crippen LogP contribution in [-0.2, 0) is 44.8 Å². The molecule has 2 aromatic carbocycles. The van der Waals surface area contributed by atoms with Crippen LogP contribution in [0.25, 0.3) is 0 Å². The molecule has 0 aliphatic carbocycles. The summed E-state index contributed by atoms with van der Waals surface area (Å²) in [6, 6.07) is 9.19. The number of ketones is 1. The molecule has 4 amide bonds. The van der Waals surface area contributed by atoms with Gasteiger partial charge in [-0.1, -0.05) is 59.6 Å². The number of esters is 2. The number of nitrogens with zero attached hydrogens (tertiary/aromatic N) is 2. The number of carbonyl (C=O) groups is 7. The molecule has 0 saturated carbocycles. The van der Waals surface area contributed by atoms with Gasteiger partial charge >= 0.3 is 18.0 Å². The van der Waals surface area contributed by atoms with Gasteiger partial charge in [0.1, 0.15) is 30.3 Å². The van der Waals surface area contributed by atoms with E-state index in [1.807, 2.05) is 6.07 Å². The van der Waals surface area contributed by atoms with Crippen molar-refractivity contribution < 1.29 is 47.8 Å². The molecule has 2 heterocycles. The van der Waals surface area contributed by atoms with Crippen molar-refractivity contribution in [2.24, 2.45) is 0 Å². The second-order valence-electron chi connectivity index (χ2n) is 12.6. The van der Waals surface area contributed by atoms with Crippen molar-refractivity contribution in [2.45, 2.75) is 83.2 Å². The highest BCUT2D eigenvalue weighted by atomic mass is 35.5. The molecule has 2 saturated heterocycles. The number of carbonyl (C=O) groups excluding carboxylic acids is 7. The summed E-state index contributed by atoms with van der Waals surface area (Å²) in [5.41, 5.74) is -0.369. The Morgan fingerprint density at radius 1 is 0.940 bits per heavy atom. The number of hydrazine groups is 1. The van der Waals surface area contributed by atoms with Crippen LogP contribution >= 0.6 is 23.2 Å². The largest absolute Gasteiger partial charge is 0.460 e. The first-order valence-corrected chi connectivity index (χ1v) is 16.7. The van der Waals surface area contributed by atoms with E-state index in [9.17, 15) is 33.6 Å². The van der Waals surface area contributed by atoms with Crippen LogP contribution in [0.3, 0.4) is 0 Å². The Morgan fingerprint density at radius 2 is 1.62 bits per heavy atom. The lowest BCUT2D eigenvalue weighted by Gasteiger charge is -2.43. The van der Waals surface area contributed by atoms with E-state index in [1.165, 1.54) is 18.2 Å². The predicted molar refractivity (Wildman–Crippen MR) is 179 cm³/mol. The van der Waals surface area contributed by atoms with Gasteiger partial charge in [-0.05, 0) is 57.7 Å². The van der Waals surface area contributed by atoms with Gasteiger partial charge in [0.15, 0.2) is 12.4 Å². The van der Waals surface area contributed by atoms with E-state index in [1.54, 1.807) is 45.0 Å². The number of fused-ring (bicyclic) bond motifs is 1. The molecule has 2 aromatic rings. The van der Waals surface area contributed by atoms with Gasteiger partial charge in [-0.3, -0.25) is 29.0 Å². The molecule has 0 spiro atoms. The van der Waals surface area contributed by atoms with Crippen molar-refractivity contribution in [1.82, 2.24) is 20.7 Å². The zero-order valence-electron chi connectivity index (χ0n) is 27.7. The van der Waals surface area contributed by atoms with Crippen molar-refractivity contribution in [3.63, 3.8) is 0 Å². The minimum absolute atomic E-state index is 0.00988. The zero-order chi connectivity index (χ0) is 36.6. The van der Waals surface area contributed by atoms with E-state index < -0.39 is 78.3 Å². The van der Waals surface area contributed by atoms with Gasteiger partial charge in [-0.2, -0.15) is 0 Å². The van der Waals surface area contributed by atoms with E-state index in [-0.39, 0.29) is 48.0 Å². The highest BCUT2D eigenvalue weighted by molar-refractivity contribution is 6.39. The molecule has 2 aliphatic heterocycles. The van der Waals surface area contributed by atoms with Crippen LogP contribution in [0.2, 0.25) is 10.0 Å². The number of nitrogens with one attached hydrogen (secondary N) is 2. The normalized spacial score (nSPS) is 18.3. The Balaban J connectivity index is 1.50. The topological polar surface area (TPSA) is 178 Å². The van der Waals surface area contributed by atoms with Crippen molar-refractivity contribution in [3.8, 4) is 0 Å². The van der Waals surface area contributed by atoms with Crippen LogP contribution in [0.1, 0.15) is 68.8 Å². The monoisotopic (exact) mass is 732 g/mol. The molecule has 0 bridgehead atoms. The first kappa shape index (κ1) is 38.1. The summed E-state index contributed by atoms with van der Waals surface area (Å²) in [6.45, 7) is 4.08. The second kappa shape index (κ2) is 16.8. The number of halogens is 2. The van der Waals surface area contributed by atoms with E-state index in [2.05, 4.69) is 10.6 Å². The Kier molecular flexibility index (Phi) is 12.8. The first-order chi connectivity index (χ1) is 23.6. The van der Waals surface area contributed by atoms with Crippen LogP contribution in [0.5, 0.6) is 0 Å². The predicted octanol–water partition coefficient (Wildman–Crippen LogP) is 3.76. The number of rotatable bonds is 11. The van der Waals surface area contributed by atoms with Crippen molar-refractivity contribution in [1.29, 1.82) is 0 Å². The fourth-order valence-electron chi connectivity index (χ4n) is 5.38. The second-order valence-corrected chi connectivity index (χ2v) is 13.5. The lowest BCUT2D eigenvalue weighted by molar-refractivity contribution is -0.176. The highest BCUT2D eigenvalue weighted by Gasteiger charge is 2.45. The molecule has 0 radical (unpaired) electrons. The number of benzene rings is 2. The molecule has 4 rings (SSSR count). The molecule has 268 valence electrons. The lowest BCUT2D eigenvalue weighted by Crippen LogP contribution is -2.64. The SMILES string of the molecule is CC(C)(C)OC(=O)CC(NC(=O)C1CCCN2C(=O)CCC(NC(=O)OCc3ccccc3)C(=O)N12)C(=O)COC(=O)c1c(Cl)cccc1Cl. The van der Waals surface area contributed by atoms with Gasteiger partial charge < -0.3 is 24.8 Å². The van der Waals surface area contributed by atoms with Gasteiger partial charge in [0, 0.05) is 13.0 Å². The molecular formula is C34H38Cl2N4O10. The Hall–Kier alpha value is -4.69. The molecule has 0 aromatic heterocycles. The maximum Gasteiger partial charge on any atom is 0.408 e. The number of hydrogen-bond acceptors (Lipinski definition) is 10. The average molecular weight is 734 g/mol. The Morgan fingerprint density at radius 3 is 2.28 bits per heavy atom. The summed E-state index contributed by atoms with van der Waals surface area (Å²) in [4.78, 5) is 92.3. The van der Waals surface area contributed by atoms with Crippen LogP contribution in [-0.4, -0.2) is 88.4 Å². The number of Topliss-reactive ketones (excluding diaryl/α,β-unsaturated/α-hetero) is 1. The highest BCUT2D eigenvalue weighted by Crippen LogP contribution is 2.27. The fourth-order valence-corrected chi connectivity index (χ4v) is 5.93. The minimum Gasteiger partial charge on any atom is -0.460 e. The van der Waals surface area contributed by atoms with E-state index in [0.29, 0.717) is 6.42 Å². The summed E-state index contributed by atoms with van der Waals surface area (Å²) >= 11 is 12.2. The summed E-state index contributed by atoms with van der Waals surface area (Å²) < 4.78 is 15.8. The van der Waals surface area contributed by atoms with Crippen molar-refractivity contribution >= 4 is 64.7 Å². The molecular weight excluding hydrogens is 695 g/mol. The van der Waals surface area contributed by atoms with Crippen molar-refractivity contribution in [2.75, 3.05) is 13.2 Å². The third-order valence-corrected chi connectivity index (χ3v) is 8.31. The molecule has 16 heteroatoms. The zero-order valence-corrected chi connectivity index (χ0v) is 29.3. The van der Waals surface area contributed by atoms with Gasteiger partial charge in [-0.15, -0.1) is 0 Å². The van der Waals surface area contributed by atoms with Gasteiger partial charge in [0.25, 0.3) is 5.91 Å². The molecule has 14 nitrogen and oxygen atoms in total. The summed E-state index contributed by atoms with van der Waals surface area (Å²) in [7, 11) is 0. The Bertz CT molecular complexity index is 1610. The smallest absolute Gasteiger partial charge is 0.408 e. The molecule has 2 N–H and O–H groups in total. The molecule has 2 aliphatic rings. The quantitative estimate of drug-likeness (QED) is 0.255. The average Bonchev–Trinajstić information content (AvgIpc) is 3.17. The van der Waals surface area contributed by atoms with E-state index in [0.717, 1.165) is 15.6 Å². The molecule has 50 heavy (non-hydrogen) atoms. The molecule has 2 fully saturated rings. The van der Waals surface area contributed by atoms with Crippen LogP contribution in [0.15, 0.2) is 48.5 Å². The summed E-state index contributed by atoms with van der Waals surface area (Å²) in [5.74, 6) is -4.73. The van der Waals surface area contributed by atoms with Crippen LogP contribution < -0.4 is 10.6 Å². The minimum atomic E-state index is -1.55. The number of ether oxygens (including phenoxy) is 3. The maximum absolute atomic E-state index is 13.8. The number of alkyl carbamates (subject to hydrolysis) is 1. The van der Waals surface area contributed by atoms with Gasteiger partial charge in [0.05, 0.1) is 22.0 Å². The molecule has 3 atom stereocenters. The Labute approximate surface area is 298 Å². The van der Waals surface area contributed by atoms with Crippen molar-refractivity contribution in [3.05, 3.63) is 69.7 Å². The summed E-state index contributed by atoms with van der Waals surface area (Å²) in [5, 5.41) is 7.13. The number of hydrogen-bond donors (Lipinski definition) is 2. The first-order valence-electron chi connectivity index (χ1n) is 15.9. The van der Waals surface area contributed by atoms with Crippen LogP contribution in [0.4, 0.5) is 4.79 Å². The van der Waals surface area contributed by atoms with Gasteiger partial charge in [-0.25, -0.2) is 14.6 Å². The molecule has 3 unspecified atom stereocenters. The number of amides is 4. The standard InChI is InChI=1S/C34H38Cl2N4O10/c1-34(2,3)50-28(43)17-24(26(41)19-48-32(46)29-21(35)11-7-12-22(29)36)37-30(44)25-13-8-16-39-27(42)15-14-23(31(45)40(25)39)38-33(47)49-18-20-9-5-4-6-10-20/h4-7,9-12,23-25H,8,13-19H2,1-3H3,(H,37,44)(H,38,47). The van der Waals surface area contributed by atoms with E-state index >= 15 is 0 Å². The third kappa shape index (κ3) is 10.2. The summed E-state index contributed by atoms with van der Waals surface area (Å²) in [6.07, 6.45) is -1.22. The van der Waals surface area contributed by atoms with Crippen LogP contribution in [0, 0.1) is 0 Å². The maximum atomic E-state index is 13.8. The lowest BCUT2D eigenvalue weighted by atomic mass is 10.0. The third-order valence-electron chi connectivity index (χ3n) is 7.68. The fraction of sp³-hybridized carbons (Fsp3) is 0.441. The van der Waals surface area contributed by atoms with Gasteiger partial charge in [0.2, 0.25) is 11.8 Å².